The van der Waals surface area contributed by atoms with Gasteiger partial charge in [-0.2, -0.15) is 11.8 Å². The van der Waals surface area contributed by atoms with E-state index in [2.05, 4.69) is 0 Å². The van der Waals surface area contributed by atoms with Crippen LogP contribution in [0.15, 0.2) is 84.9 Å². The molecule has 6 nitrogen and oxygen atoms in total. The Morgan fingerprint density at radius 2 is 1.54 bits per heavy atom. The van der Waals surface area contributed by atoms with Crippen molar-refractivity contribution in [1.82, 2.24) is 4.90 Å². The largest absolute Gasteiger partial charge is 0.457 e. The van der Waals surface area contributed by atoms with E-state index >= 15 is 0 Å². The van der Waals surface area contributed by atoms with Crippen LogP contribution < -0.4 is 0 Å². The Bertz CT molecular complexity index is 1240. The number of benzene rings is 3. The van der Waals surface area contributed by atoms with Gasteiger partial charge in [-0.25, -0.2) is 9.69 Å². The topological polar surface area (TPSA) is 72.9 Å². The summed E-state index contributed by atoms with van der Waals surface area (Å²) in [5.41, 5.74) is 2.28. The number of amides is 2. The smallest absolute Gasteiger partial charge is 0.417 e. The zero-order valence-corrected chi connectivity index (χ0v) is 22.3. The van der Waals surface area contributed by atoms with E-state index in [1.807, 2.05) is 66.9 Å². The lowest BCUT2D eigenvalue weighted by Crippen LogP contribution is -2.45. The van der Waals surface area contributed by atoms with Gasteiger partial charge in [0.05, 0.1) is 12.0 Å². The molecule has 0 unspecified atom stereocenters. The first kappa shape index (κ1) is 26.8. The summed E-state index contributed by atoms with van der Waals surface area (Å²) >= 11 is 7.57. The number of halogens is 1. The first-order valence-corrected chi connectivity index (χ1v) is 13.6. The lowest BCUT2D eigenvalue weighted by atomic mass is 9.87. The van der Waals surface area contributed by atoms with Crippen LogP contribution in [0.3, 0.4) is 0 Å². The highest BCUT2D eigenvalue weighted by molar-refractivity contribution is 7.98. The molecule has 37 heavy (non-hydrogen) atoms. The van der Waals surface area contributed by atoms with Crippen molar-refractivity contribution >= 4 is 41.3 Å². The van der Waals surface area contributed by atoms with Gasteiger partial charge < -0.3 is 9.47 Å². The maximum atomic E-state index is 14.4. The third-order valence-electron chi connectivity index (χ3n) is 6.45. The highest BCUT2D eigenvalue weighted by Crippen LogP contribution is 2.46. The summed E-state index contributed by atoms with van der Waals surface area (Å²) < 4.78 is 11.5. The van der Waals surface area contributed by atoms with Gasteiger partial charge in [-0.15, -0.1) is 0 Å². The van der Waals surface area contributed by atoms with Crippen molar-refractivity contribution in [3.05, 3.63) is 107 Å². The number of ether oxygens (including phenoxy) is 2. The average molecular weight is 538 g/mol. The molecular formula is C29H28ClNO5S. The van der Waals surface area contributed by atoms with Crippen molar-refractivity contribution in [3.8, 4) is 0 Å². The molecule has 1 aliphatic heterocycles. The number of imide groups is 1. The molecule has 0 radical (unpaired) electrons. The maximum Gasteiger partial charge on any atom is 0.417 e. The number of hydrogen-bond acceptors (Lipinski definition) is 6. The van der Waals surface area contributed by atoms with Gasteiger partial charge in [-0.3, -0.25) is 9.59 Å². The van der Waals surface area contributed by atoms with Crippen molar-refractivity contribution < 1.29 is 23.9 Å². The zero-order chi connectivity index (χ0) is 26.5. The standard InChI is InChI=1S/C29H28ClNO5S/c1-18-25(20-10-6-4-7-11-20)36-29(34)31(18)28(33)24(27(37-3)22-12-8-5-9-13-22)26(35-19(2)32)21-14-16-23(30)17-15-21/h4-18,24-27H,1-3H3/t18-,24-,25-,26-,27-/m0/s1. The fourth-order valence-electron chi connectivity index (χ4n) is 4.74. The summed E-state index contributed by atoms with van der Waals surface area (Å²) in [5, 5.41) is 0.0876. The van der Waals surface area contributed by atoms with Crippen LogP contribution >= 0.6 is 23.4 Å². The van der Waals surface area contributed by atoms with E-state index in [9.17, 15) is 14.4 Å². The molecule has 2 amide bonds. The Balaban J connectivity index is 1.80. The second-order valence-electron chi connectivity index (χ2n) is 8.84. The van der Waals surface area contributed by atoms with Gasteiger partial charge in [0.25, 0.3) is 0 Å². The molecule has 0 spiro atoms. The average Bonchev–Trinajstić information content (AvgIpc) is 3.20. The lowest BCUT2D eigenvalue weighted by molar-refractivity contribution is -0.154. The minimum Gasteiger partial charge on any atom is -0.457 e. The molecule has 1 fully saturated rings. The van der Waals surface area contributed by atoms with Crippen LogP contribution in [-0.4, -0.2) is 35.2 Å². The minimum atomic E-state index is -0.962. The van der Waals surface area contributed by atoms with Gasteiger partial charge in [-0.05, 0) is 42.0 Å². The normalized spacial score (nSPS) is 19.6. The number of nitrogens with zero attached hydrogens (tertiary/aromatic N) is 1. The van der Waals surface area contributed by atoms with Crippen molar-refractivity contribution in [1.29, 1.82) is 0 Å². The van der Waals surface area contributed by atoms with Gasteiger partial charge >= 0.3 is 12.1 Å². The molecule has 0 saturated carbocycles. The summed E-state index contributed by atoms with van der Waals surface area (Å²) in [6.07, 6.45) is -0.397. The summed E-state index contributed by atoms with van der Waals surface area (Å²) in [4.78, 5) is 41.0. The van der Waals surface area contributed by atoms with E-state index in [0.717, 1.165) is 11.1 Å². The summed E-state index contributed by atoms with van der Waals surface area (Å²) in [6.45, 7) is 3.09. The zero-order valence-electron chi connectivity index (χ0n) is 20.7. The number of carbonyl (C=O) groups excluding carboxylic acids is 3. The van der Waals surface area contributed by atoms with Crippen LogP contribution in [-0.2, 0) is 19.1 Å². The second-order valence-corrected chi connectivity index (χ2v) is 10.3. The SMILES string of the molecule is CS[C@@H](c1ccccc1)[C@@H](C(=O)N1C(=O)O[C@H](c2ccccc2)[C@@H]1C)[C@@H](OC(C)=O)c1ccc(Cl)cc1. The molecule has 5 atom stereocenters. The van der Waals surface area contributed by atoms with E-state index in [1.54, 1.807) is 31.2 Å². The number of carbonyl (C=O) groups is 3. The fourth-order valence-corrected chi connectivity index (χ4v) is 5.84. The van der Waals surface area contributed by atoms with Crippen LogP contribution in [0.1, 0.15) is 48.0 Å². The highest BCUT2D eigenvalue weighted by atomic mass is 35.5. The molecule has 1 saturated heterocycles. The Morgan fingerprint density at radius 3 is 2.11 bits per heavy atom. The number of rotatable bonds is 8. The Kier molecular flexibility index (Phi) is 8.56. The van der Waals surface area contributed by atoms with E-state index in [1.165, 1.54) is 23.6 Å². The van der Waals surface area contributed by atoms with Crippen LogP contribution in [0, 0.1) is 5.92 Å². The molecular weight excluding hydrogens is 510 g/mol. The van der Waals surface area contributed by atoms with E-state index in [0.29, 0.717) is 10.6 Å². The van der Waals surface area contributed by atoms with E-state index in [-0.39, 0.29) is 0 Å². The highest BCUT2D eigenvalue weighted by Gasteiger charge is 2.50. The lowest BCUT2D eigenvalue weighted by Gasteiger charge is -2.34. The van der Waals surface area contributed by atoms with Crippen molar-refractivity contribution in [2.45, 2.75) is 37.3 Å². The number of cyclic esters (lactones) is 1. The van der Waals surface area contributed by atoms with E-state index < -0.39 is 47.4 Å². The Labute approximate surface area is 225 Å². The van der Waals surface area contributed by atoms with Gasteiger partial charge in [0.1, 0.15) is 12.2 Å². The predicted molar refractivity (Wildman–Crippen MR) is 144 cm³/mol. The van der Waals surface area contributed by atoms with Crippen LogP contribution in [0.4, 0.5) is 4.79 Å². The molecule has 3 aromatic carbocycles. The van der Waals surface area contributed by atoms with Gasteiger partial charge in [0.15, 0.2) is 0 Å². The quantitative estimate of drug-likeness (QED) is 0.295. The third-order valence-corrected chi connectivity index (χ3v) is 7.77. The minimum absolute atomic E-state index is 0.426. The van der Waals surface area contributed by atoms with Gasteiger partial charge in [0.2, 0.25) is 5.91 Å². The van der Waals surface area contributed by atoms with Gasteiger partial charge in [-0.1, -0.05) is 84.4 Å². The molecule has 1 aliphatic rings. The first-order valence-electron chi connectivity index (χ1n) is 11.9. The number of hydrogen-bond donors (Lipinski definition) is 0. The number of thioether (sulfide) groups is 1. The fraction of sp³-hybridized carbons (Fsp3) is 0.276. The number of esters is 1. The maximum absolute atomic E-state index is 14.4. The molecule has 8 heteroatoms. The van der Waals surface area contributed by atoms with E-state index in [4.69, 9.17) is 21.1 Å². The Hall–Kier alpha value is -3.29. The molecule has 1 heterocycles. The summed E-state index contributed by atoms with van der Waals surface area (Å²) in [7, 11) is 0. The second kappa shape index (κ2) is 11.8. The molecule has 0 aromatic heterocycles. The molecule has 0 bridgehead atoms. The van der Waals surface area contributed by atoms with Crippen LogP contribution in [0.25, 0.3) is 0 Å². The van der Waals surface area contributed by atoms with Crippen LogP contribution in [0.5, 0.6) is 0 Å². The van der Waals surface area contributed by atoms with Crippen molar-refractivity contribution in [2.24, 2.45) is 5.92 Å². The third kappa shape index (κ3) is 5.84. The molecule has 192 valence electrons. The summed E-state index contributed by atoms with van der Waals surface area (Å²) in [6, 6.07) is 25.1. The predicted octanol–water partition coefficient (Wildman–Crippen LogP) is 6.77. The summed E-state index contributed by atoms with van der Waals surface area (Å²) in [5.74, 6) is -1.93. The molecule has 0 aliphatic carbocycles. The molecule has 4 rings (SSSR count). The Morgan fingerprint density at radius 1 is 0.946 bits per heavy atom. The first-order chi connectivity index (χ1) is 17.8. The monoisotopic (exact) mass is 537 g/mol. The van der Waals surface area contributed by atoms with Crippen LogP contribution in [0.2, 0.25) is 5.02 Å². The molecule has 3 aromatic rings. The molecule has 0 N–H and O–H groups in total. The van der Waals surface area contributed by atoms with Gasteiger partial charge in [0, 0.05) is 17.2 Å². The van der Waals surface area contributed by atoms with Crippen molar-refractivity contribution in [2.75, 3.05) is 6.26 Å². The van der Waals surface area contributed by atoms with Crippen molar-refractivity contribution in [3.63, 3.8) is 0 Å².